The second-order valence-electron chi connectivity index (χ2n) is 3.80. The fraction of sp³-hybridized carbons (Fsp3) is 0.800. The molecule has 1 saturated heterocycles. The van der Waals surface area contributed by atoms with Gasteiger partial charge >= 0.3 is 0 Å². The molecule has 0 radical (unpaired) electrons. The molecular weight excluding hydrogens is 212 g/mol. The summed E-state index contributed by atoms with van der Waals surface area (Å²) in [6, 6.07) is 0. The van der Waals surface area contributed by atoms with Gasteiger partial charge in [-0.05, 0) is 25.1 Å². The van der Waals surface area contributed by atoms with Crippen LogP contribution in [0.3, 0.4) is 0 Å². The summed E-state index contributed by atoms with van der Waals surface area (Å²) in [7, 11) is 0. The van der Waals surface area contributed by atoms with E-state index < -0.39 is 0 Å². The van der Waals surface area contributed by atoms with Crippen molar-refractivity contribution >= 4 is 34.5 Å². The summed E-state index contributed by atoms with van der Waals surface area (Å²) >= 11 is 10.4. The largest absolute Gasteiger partial charge is 0.351 e. The van der Waals surface area contributed by atoms with Crippen LogP contribution in [0.2, 0.25) is 0 Å². The van der Waals surface area contributed by atoms with E-state index in [4.69, 9.17) is 24.4 Å². The molecule has 0 bridgehead atoms. The first-order chi connectivity index (χ1) is 6.64. The summed E-state index contributed by atoms with van der Waals surface area (Å²) in [6.45, 7) is 4.36. The molecule has 1 rings (SSSR count). The normalized spacial score (nSPS) is 26.1. The summed E-state index contributed by atoms with van der Waals surface area (Å²) in [6.07, 6.45) is 5.80. The predicted molar refractivity (Wildman–Crippen MR) is 68.6 cm³/mol. The number of hydrogen-bond acceptors (Lipinski definition) is 2. The van der Waals surface area contributed by atoms with Crippen LogP contribution in [-0.4, -0.2) is 15.6 Å². The van der Waals surface area contributed by atoms with Crippen LogP contribution in [0.5, 0.6) is 0 Å². The number of nitrogens with one attached hydrogen (secondary N) is 2. The molecule has 0 amide bonds. The Balaban J connectivity index is 2.57. The number of unbranched alkanes of at least 4 members (excludes halogenated alkanes) is 2. The maximum Gasteiger partial charge on any atom is 0.172 e. The Labute approximate surface area is 96.8 Å². The predicted octanol–water partition coefficient (Wildman–Crippen LogP) is 2.52. The Hall–Kier alpha value is -0.220. The lowest BCUT2D eigenvalue weighted by Gasteiger charge is -2.26. The van der Waals surface area contributed by atoms with E-state index in [0.717, 1.165) is 17.8 Å². The average Bonchev–Trinajstić information content (AvgIpc) is 2.43. The zero-order valence-electron chi connectivity index (χ0n) is 8.85. The number of rotatable bonds is 5. The molecule has 2 N–H and O–H groups in total. The molecule has 1 atom stereocenters. The molecule has 1 unspecified atom stereocenters. The molecule has 1 fully saturated rings. The Bertz CT molecular complexity index is 240. The molecule has 0 saturated carbocycles. The fourth-order valence-electron chi connectivity index (χ4n) is 1.81. The van der Waals surface area contributed by atoms with Gasteiger partial charge in [0, 0.05) is 0 Å². The molecule has 0 aromatic heterocycles. The first kappa shape index (κ1) is 11.9. The first-order valence-corrected chi connectivity index (χ1v) is 6.10. The zero-order valence-corrected chi connectivity index (χ0v) is 10.5. The molecular formula is C10H18N2S2. The molecule has 1 aliphatic rings. The van der Waals surface area contributed by atoms with E-state index in [0.29, 0.717) is 5.11 Å². The summed E-state index contributed by atoms with van der Waals surface area (Å²) in [5.74, 6) is 0. The highest BCUT2D eigenvalue weighted by Gasteiger charge is 2.38. The van der Waals surface area contributed by atoms with Crippen LogP contribution in [0.4, 0.5) is 0 Å². The summed E-state index contributed by atoms with van der Waals surface area (Å²) in [5, 5.41) is 7.03. The van der Waals surface area contributed by atoms with Gasteiger partial charge in [-0.15, -0.1) is 0 Å². The Morgan fingerprint density at radius 1 is 1.21 bits per heavy atom. The molecule has 2 nitrogen and oxygen atoms in total. The molecule has 1 heterocycles. The lowest BCUT2D eigenvalue weighted by molar-refractivity contribution is 0.446. The molecule has 80 valence electrons. The summed E-state index contributed by atoms with van der Waals surface area (Å²) in [4.78, 5) is 0.876. The van der Waals surface area contributed by atoms with Gasteiger partial charge in [-0.3, -0.25) is 0 Å². The van der Waals surface area contributed by atoms with Crippen LogP contribution in [-0.2, 0) is 0 Å². The molecule has 0 spiro atoms. The van der Waals surface area contributed by atoms with Crippen LogP contribution in [0.15, 0.2) is 0 Å². The fourth-order valence-corrected chi connectivity index (χ4v) is 2.57. The van der Waals surface area contributed by atoms with Gasteiger partial charge in [0.2, 0.25) is 0 Å². The monoisotopic (exact) mass is 230 g/mol. The van der Waals surface area contributed by atoms with Gasteiger partial charge in [0.25, 0.3) is 0 Å². The van der Waals surface area contributed by atoms with E-state index in [2.05, 4.69) is 24.5 Å². The lowest BCUT2D eigenvalue weighted by atomic mass is 9.90. The van der Waals surface area contributed by atoms with Crippen molar-refractivity contribution in [2.45, 2.75) is 51.5 Å². The van der Waals surface area contributed by atoms with Crippen LogP contribution in [0.25, 0.3) is 0 Å². The van der Waals surface area contributed by atoms with Crippen molar-refractivity contribution in [2.75, 3.05) is 0 Å². The van der Waals surface area contributed by atoms with E-state index >= 15 is 0 Å². The quantitative estimate of drug-likeness (QED) is 0.560. The molecule has 0 aliphatic carbocycles. The SMILES string of the molecule is CCCCCC1(CC)NC(=S)NC1=S. The van der Waals surface area contributed by atoms with E-state index in [1.165, 1.54) is 19.3 Å². The van der Waals surface area contributed by atoms with Crippen LogP contribution < -0.4 is 10.6 Å². The van der Waals surface area contributed by atoms with E-state index in [9.17, 15) is 0 Å². The van der Waals surface area contributed by atoms with Gasteiger partial charge < -0.3 is 10.6 Å². The minimum absolute atomic E-state index is 0.0540. The highest BCUT2D eigenvalue weighted by molar-refractivity contribution is 7.82. The van der Waals surface area contributed by atoms with E-state index in [1.54, 1.807) is 0 Å². The third kappa shape index (κ3) is 2.42. The second-order valence-corrected chi connectivity index (χ2v) is 4.62. The molecule has 14 heavy (non-hydrogen) atoms. The standard InChI is InChI=1S/C10H18N2S2/c1-3-5-6-7-10(4-2)8(13)11-9(14)12-10/h3-7H2,1-2H3,(H2,11,12,13,14). The van der Waals surface area contributed by atoms with Crippen LogP contribution in [0, 0.1) is 0 Å². The highest BCUT2D eigenvalue weighted by atomic mass is 32.1. The Kier molecular flexibility index (Phi) is 4.26. The van der Waals surface area contributed by atoms with Crippen molar-refractivity contribution in [1.82, 2.24) is 10.6 Å². The van der Waals surface area contributed by atoms with Gasteiger partial charge in [-0.2, -0.15) is 0 Å². The zero-order chi connectivity index (χ0) is 10.6. The van der Waals surface area contributed by atoms with E-state index in [-0.39, 0.29) is 5.54 Å². The smallest absolute Gasteiger partial charge is 0.172 e. The van der Waals surface area contributed by atoms with Crippen molar-refractivity contribution in [3.63, 3.8) is 0 Å². The summed E-state index contributed by atoms with van der Waals surface area (Å²) in [5.41, 5.74) is -0.0540. The second kappa shape index (κ2) is 5.03. The van der Waals surface area contributed by atoms with Gasteiger partial charge in [0.05, 0.1) is 5.54 Å². The Morgan fingerprint density at radius 3 is 2.36 bits per heavy atom. The average molecular weight is 230 g/mol. The first-order valence-electron chi connectivity index (χ1n) is 5.28. The third-order valence-electron chi connectivity index (χ3n) is 2.83. The Morgan fingerprint density at radius 2 is 1.93 bits per heavy atom. The topological polar surface area (TPSA) is 24.1 Å². The van der Waals surface area contributed by atoms with E-state index in [1.807, 2.05) is 0 Å². The van der Waals surface area contributed by atoms with Gasteiger partial charge in [0.1, 0.15) is 4.99 Å². The van der Waals surface area contributed by atoms with Crippen LogP contribution in [0.1, 0.15) is 46.0 Å². The van der Waals surface area contributed by atoms with Gasteiger partial charge in [-0.25, -0.2) is 0 Å². The molecule has 1 aliphatic heterocycles. The van der Waals surface area contributed by atoms with Crippen molar-refractivity contribution < 1.29 is 0 Å². The molecule has 0 aromatic carbocycles. The van der Waals surface area contributed by atoms with Crippen molar-refractivity contribution in [3.8, 4) is 0 Å². The maximum atomic E-state index is 5.32. The van der Waals surface area contributed by atoms with Crippen molar-refractivity contribution in [1.29, 1.82) is 0 Å². The minimum Gasteiger partial charge on any atom is -0.351 e. The van der Waals surface area contributed by atoms with Gasteiger partial charge in [0.15, 0.2) is 5.11 Å². The molecule has 4 heteroatoms. The minimum atomic E-state index is -0.0540. The number of hydrogen-bond donors (Lipinski definition) is 2. The molecule has 0 aromatic rings. The summed E-state index contributed by atoms with van der Waals surface area (Å²) < 4.78 is 0. The van der Waals surface area contributed by atoms with Gasteiger partial charge in [-0.1, -0.05) is 45.3 Å². The maximum absolute atomic E-state index is 5.32. The highest BCUT2D eigenvalue weighted by Crippen LogP contribution is 2.23. The van der Waals surface area contributed by atoms with Crippen molar-refractivity contribution in [2.24, 2.45) is 0 Å². The van der Waals surface area contributed by atoms with Crippen LogP contribution >= 0.6 is 24.4 Å². The third-order valence-corrected chi connectivity index (χ3v) is 3.52. The lowest BCUT2D eigenvalue weighted by Crippen LogP contribution is -2.45. The number of thiocarbonyl (C=S) groups is 2. The van der Waals surface area contributed by atoms with Crippen molar-refractivity contribution in [3.05, 3.63) is 0 Å².